The van der Waals surface area contributed by atoms with Gasteiger partial charge in [-0.25, -0.2) is 0 Å². The maximum atomic E-state index is 11.1. The van der Waals surface area contributed by atoms with E-state index >= 15 is 0 Å². The summed E-state index contributed by atoms with van der Waals surface area (Å²) in [4.78, 5) is 11.1. The van der Waals surface area contributed by atoms with Crippen LogP contribution in [0.4, 0.5) is 0 Å². The standard InChI is InChI=1S/C9H20N2O2/c1-3-8(10)7-11-9(12)5-6-13-4-2/h8H,3-7,10H2,1-2H3,(H,11,12). The van der Waals surface area contributed by atoms with Crippen LogP contribution >= 0.6 is 0 Å². The molecular weight excluding hydrogens is 168 g/mol. The molecule has 78 valence electrons. The first kappa shape index (κ1) is 12.4. The van der Waals surface area contributed by atoms with Crippen molar-refractivity contribution in [1.29, 1.82) is 0 Å². The number of nitrogens with two attached hydrogens (primary N) is 1. The largest absolute Gasteiger partial charge is 0.381 e. The highest BCUT2D eigenvalue weighted by Crippen LogP contribution is 1.85. The molecule has 0 aliphatic heterocycles. The smallest absolute Gasteiger partial charge is 0.222 e. The monoisotopic (exact) mass is 188 g/mol. The van der Waals surface area contributed by atoms with Crippen LogP contribution in [0.1, 0.15) is 26.7 Å². The van der Waals surface area contributed by atoms with Gasteiger partial charge in [0, 0.05) is 25.6 Å². The first-order chi connectivity index (χ1) is 6.20. The molecule has 13 heavy (non-hydrogen) atoms. The molecule has 0 saturated carbocycles. The second-order valence-corrected chi connectivity index (χ2v) is 2.92. The van der Waals surface area contributed by atoms with Gasteiger partial charge >= 0.3 is 0 Å². The van der Waals surface area contributed by atoms with Crippen LogP contribution in [0.25, 0.3) is 0 Å². The van der Waals surface area contributed by atoms with Crippen LogP contribution in [0.15, 0.2) is 0 Å². The number of hydrogen-bond donors (Lipinski definition) is 2. The van der Waals surface area contributed by atoms with Crippen LogP contribution in [0.5, 0.6) is 0 Å². The molecule has 1 atom stereocenters. The Balaban J connectivity index is 3.30. The Kier molecular flexibility index (Phi) is 7.63. The van der Waals surface area contributed by atoms with Crippen molar-refractivity contribution in [3.05, 3.63) is 0 Å². The second-order valence-electron chi connectivity index (χ2n) is 2.92. The van der Waals surface area contributed by atoms with E-state index in [0.29, 0.717) is 26.2 Å². The van der Waals surface area contributed by atoms with E-state index < -0.39 is 0 Å². The average Bonchev–Trinajstić information content (AvgIpc) is 2.14. The minimum atomic E-state index is 0.0114. The van der Waals surface area contributed by atoms with Crippen LogP contribution in [0, 0.1) is 0 Å². The van der Waals surface area contributed by atoms with Crippen molar-refractivity contribution < 1.29 is 9.53 Å². The molecule has 0 bridgehead atoms. The number of hydrogen-bond acceptors (Lipinski definition) is 3. The van der Waals surface area contributed by atoms with Crippen LogP contribution in [0.3, 0.4) is 0 Å². The summed E-state index contributed by atoms with van der Waals surface area (Å²) < 4.78 is 5.05. The number of rotatable bonds is 7. The summed E-state index contributed by atoms with van der Waals surface area (Å²) in [7, 11) is 0. The molecule has 4 heteroatoms. The highest BCUT2D eigenvalue weighted by Gasteiger charge is 2.03. The fraction of sp³-hybridized carbons (Fsp3) is 0.889. The summed E-state index contributed by atoms with van der Waals surface area (Å²) in [5.74, 6) is 0.0114. The van der Waals surface area contributed by atoms with Crippen molar-refractivity contribution in [3.8, 4) is 0 Å². The Morgan fingerprint density at radius 3 is 2.77 bits per heavy atom. The molecule has 0 rings (SSSR count). The van der Waals surface area contributed by atoms with Gasteiger partial charge in [0.1, 0.15) is 0 Å². The number of nitrogens with one attached hydrogen (secondary N) is 1. The van der Waals surface area contributed by atoms with Gasteiger partial charge in [-0.15, -0.1) is 0 Å². The Labute approximate surface area is 79.8 Å². The zero-order valence-electron chi connectivity index (χ0n) is 8.51. The third-order valence-electron chi connectivity index (χ3n) is 1.76. The average molecular weight is 188 g/mol. The summed E-state index contributed by atoms with van der Waals surface area (Å²) in [6, 6.07) is 0.0658. The van der Waals surface area contributed by atoms with E-state index in [4.69, 9.17) is 10.5 Å². The Hall–Kier alpha value is -0.610. The van der Waals surface area contributed by atoms with Crippen molar-refractivity contribution in [1.82, 2.24) is 5.32 Å². The predicted octanol–water partition coefficient (Wildman–Crippen LogP) is 0.267. The molecule has 0 spiro atoms. The normalized spacial score (nSPS) is 12.5. The van der Waals surface area contributed by atoms with E-state index in [1.165, 1.54) is 0 Å². The Morgan fingerprint density at radius 2 is 2.23 bits per heavy atom. The number of carbonyl (C=O) groups is 1. The summed E-state index contributed by atoms with van der Waals surface area (Å²) in [6.45, 7) is 5.61. The summed E-state index contributed by atoms with van der Waals surface area (Å²) in [6.07, 6.45) is 1.30. The molecule has 0 radical (unpaired) electrons. The Bertz CT molecular complexity index is 140. The molecule has 3 N–H and O–H groups in total. The molecule has 1 unspecified atom stereocenters. The van der Waals surface area contributed by atoms with E-state index in [9.17, 15) is 4.79 Å². The van der Waals surface area contributed by atoms with E-state index in [2.05, 4.69) is 5.32 Å². The van der Waals surface area contributed by atoms with Crippen molar-refractivity contribution in [3.63, 3.8) is 0 Å². The number of ether oxygens (including phenoxy) is 1. The molecular formula is C9H20N2O2. The molecule has 0 aliphatic rings. The first-order valence-electron chi connectivity index (χ1n) is 4.80. The van der Waals surface area contributed by atoms with Gasteiger partial charge in [0.2, 0.25) is 5.91 Å². The highest BCUT2D eigenvalue weighted by atomic mass is 16.5. The topological polar surface area (TPSA) is 64.3 Å². The first-order valence-corrected chi connectivity index (χ1v) is 4.80. The molecule has 0 aromatic heterocycles. The van der Waals surface area contributed by atoms with E-state index in [0.717, 1.165) is 6.42 Å². The lowest BCUT2D eigenvalue weighted by atomic mass is 10.2. The third-order valence-corrected chi connectivity index (χ3v) is 1.76. The van der Waals surface area contributed by atoms with Crippen LogP contribution in [-0.4, -0.2) is 31.7 Å². The SMILES string of the molecule is CCOCCC(=O)NCC(N)CC. The predicted molar refractivity (Wildman–Crippen MR) is 52.4 cm³/mol. The minimum absolute atomic E-state index is 0.0114. The molecule has 0 fully saturated rings. The van der Waals surface area contributed by atoms with Gasteiger partial charge in [-0.2, -0.15) is 0 Å². The van der Waals surface area contributed by atoms with Crippen LogP contribution in [-0.2, 0) is 9.53 Å². The van der Waals surface area contributed by atoms with E-state index in [-0.39, 0.29) is 11.9 Å². The lowest BCUT2D eigenvalue weighted by molar-refractivity contribution is -0.122. The molecule has 0 aliphatic carbocycles. The zero-order chi connectivity index (χ0) is 10.1. The van der Waals surface area contributed by atoms with Gasteiger partial charge in [-0.1, -0.05) is 6.92 Å². The van der Waals surface area contributed by atoms with Crippen LogP contribution in [0.2, 0.25) is 0 Å². The summed E-state index contributed by atoms with van der Waals surface area (Å²) in [5, 5.41) is 2.75. The highest BCUT2D eigenvalue weighted by molar-refractivity contribution is 5.75. The van der Waals surface area contributed by atoms with Crippen molar-refractivity contribution in [2.75, 3.05) is 19.8 Å². The zero-order valence-corrected chi connectivity index (χ0v) is 8.51. The second kappa shape index (κ2) is 8.01. The quantitative estimate of drug-likeness (QED) is 0.563. The van der Waals surface area contributed by atoms with Gasteiger partial charge in [-0.3, -0.25) is 4.79 Å². The summed E-state index contributed by atoms with van der Waals surface area (Å²) in [5.41, 5.74) is 5.63. The molecule has 0 heterocycles. The molecule has 0 saturated heterocycles. The van der Waals surface area contributed by atoms with Crippen molar-refractivity contribution >= 4 is 5.91 Å². The lowest BCUT2D eigenvalue weighted by Gasteiger charge is -2.09. The minimum Gasteiger partial charge on any atom is -0.381 e. The third kappa shape index (κ3) is 7.74. The van der Waals surface area contributed by atoms with Gasteiger partial charge in [0.25, 0.3) is 0 Å². The van der Waals surface area contributed by atoms with Gasteiger partial charge in [0.05, 0.1) is 6.61 Å². The number of amides is 1. The van der Waals surface area contributed by atoms with Gasteiger partial charge in [-0.05, 0) is 13.3 Å². The number of carbonyl (C=O) groups excluding carboxylic acids is 1. The maximum Gasteiger partial charge on any atom is 0.222 e. The van der Waals surface area contributed by atoms with Crippen LogP contribution < -0.4 is 11.1 Å². The van der Waals surface area contributed by atoms with Crippen molar-refractivity contribution in [2.24, 2.45) is 5.73 Å². The van der Waals surface area contributed by atoms with Crippen molar-refractivity contribution in [2.45, 2.75) is 32.7 Å². The van der Waals surface area contributed by atoms with Gasteiger partial charge < -0.3 is 15.8 Å². The molecule has 0 aromatic carbocycles. The van der Waals surface area contributed by atoms with E-state index in [1.807, 2.05) is 13.8 Å². The Morgan fingerprint density at radius 1 is 1.54 bits per heavy atom. The molecule has 0 aromatic rings. The van der Waals surface area contributed by atoms with Gasteiger partial charge in [0.15, 0.2) is 0 Å². The maximum absolute atomic E-state index is 11.1. The molecule has 1 amide bonds. The van der Waals surface area contributed by atoms with E-state index in [1.54, 1.807) is 0 Å². The summed E-state index contributed by atoms with van der Waals surface area (Å²) >= 11 is 0. The fourth-order valence-electron chi connectivity index (χ4n) is 0.787. The molecule has 4 nitrogen and oxygen atoms in total. The lowest BCUT2D eigenvalue weighted by Crippen LogP contribution is -2.37. The fourth-order valence-corrected chi connectivity index (χ4v) is 0.787.